The van der Waals surface area contributed by atoms with E-state index in [1.54, 1.807) is 43.6 Å². The van der Waals surface area contributed by atoms with Crippen LogP contribution in [0.1, 0.15) is 60.6 Å². The van der Waals surface area contributed by atoms with Gasteiger partial charge in [0.2, 0.25) is 0 Å². The first-order chi connectivity index (χ1) is 19.0. The van der Waals surface area contributed by atoms with Crippen LogP contribution in [-0.2, 0) is 11.3 Å². The van der Waals surface area contributed by atoms with Crippen LogP contribution in [0, 0.1) is 0 Å². The molecule has 39 heavy (non-hydrogen) atoms. The number of hydrogen-bond donors (Lipinski definition) is 1. The lowest BCUT2D eigenvalue weighted by Gasteiger charge is -2.29. The van der Waals surface area contributed by atoms with Crippen molar-refractivity contribution in [2.24, 2.45) is 5.10 Å². The molecular weight excluding hydrogens is 496 g/mol. The third-order valence-corrected chi connectivity index (χ3v) is 6.85. The van der Waals surface area contributed by atoms with E-state index in [9.17, 15) is 9.59 Å². The zero-order chi connectivity index (χ0) is 27.2. The zero-order valence-electron chi connectivity index (χ0n) is 22.1. The van der Waals surface area contributed by atoms with E-state index in [-0.39, 0.29) is 18.6 Å². The monoisotopic (exact) mass is 528 g/mol. The largest absolute Gasteiger partial charge is 0.493 e. The molecule has 0 spiro atoms. The number of methoxy groups -OCH3 is 1. The molecule has 1 saturated carbocycles. The summed E-state index contributed by atoms with van der Waals surface area (Å²) in [6.07, 6.45) is 5.76. The Morgan fingerprint density at radius 1 is 1.08 bits per heavy atom. The molecule has 0 saturated heterocycles. The number of carbonyl (C=O) groups excluding carboxylic acids is 2. The van der Waals surface area contributed by atoms with Gasteiger partial charge in [-0.2, -0.15) is 10.1 Å². The van der Waals surface area contributed by atoms with E-state index >= 15 is 0 Å². The minimum absolute atomic E-state index is 0.176. The highest BCUT2D eigenvalue weighted by molar-refractivity contribution is 6.06. The van der Waals surface area contributed by atoms with Gasteiger partial charge < -0.3 is 19.5 Å². The summed E-state index contributed by atoms with van der Waals surface area (Å²) in [5.41, 5.74) is 3.27. The Hall–Kier alpha value is -4.40. The SMILES string of the molecule is CCC1OC(=O)N(Cc2ccc(NC(=O)c3ccccn3)cc2)N=C1c1ccc(OC)c(OC2CCCC2)c1. The second-order valence-corrected chi connectivity index (χ2v) is 9.58. The Morgan fingerprint density at radius 2 is 1.87 bits per heavy atom. The Kier molecular flexibility index (Phi) is 8.05. The van der Waals surface area contributed by atoms with Crippen molar-refractivity contribution < 1.29 is 23.8 Å². The fraction of sp³-hybridized carbons (Fsp3) is 0.333. The topological polar surface area (TPSA) is 102 Å². The van der Waals surface area contributed by atoms with E-state index in [4.69, 9.17) is 19.3 Å². The van der Waals surface area contributed by atoms with Gasteiger partial charge in [-0.3, -0.25) is 9.78 Å². The highest BCUT2D eigenvalue weighted by Crippen LogP contribution is 2.34. The number of nitrogens with one attached hydrogen (secondary N) is 1. The molecule has 202 valence electrons. The lowest BCUT2D eigenvalue weighted by atomic mass is 10.0. The number of aromatic nitrogens is 1. The Labute approximate surface area is 227 Å². The van der Waals surface area contributed by atoms with Gasteiger partial charge in [0.15, 0.2) is 11.5 Å². The number of benzene rings is 2. The van der Waals surface area contributed by atoms with Gasteiger partial charge in [-0.05, 0) is 80.1 Å². The fourth-order valence-corrected chi connectivity index (χ4v) is 4.77. The summed E-state index contributed by atoms with van der Waals surface area (Å²) < 4.78 is 17.6. The second-order valence-electron chi connectivity index (χ2n) is 9.58. The van der Waals surface area contributed by atoms with Crippen molar-refractivity contribution in [3.63, 3.8) is 0 Å². The quantitative estimate of drug-likeness (QED) is 0.377. The molecule has 1 unspecified atom stereocenters. The molecule has 1 N–H and O–H groups in total. The smallest absolute Gasteiger partial charge is 0.431 e. The summed E-state index contributed by atoms with van der Waals surface area (Å²) in [4.78, 5) is 29.2. The summed E-state index contributed by atoms with van der Waals surface area (Å²) in [5.74, 6) is 1.05. The molecule has 2 heterocycles. The van der Waals surface area contributed by atoms with Crippen LogP contribution in [-0.4, -0.2) is 47.0 Å². The predicted molar refractivity (Wildman–Crippen MR) is 147 cm³/mol. The van der Waals surface area contributed by atoms with Crippen LogP contribution in [0.15, 0.2) is 72.0 Å². The van der Waals surface area contributed by atoms with Crippen LogP contribution >= 0.6 is 0 Å². The zero-order valence-corrected chi connectivity index (χ0v) is 22.1. The maximum atomic E-state index is 12.8. The molecule has 1 fully saturated rings. The lowest BCUT2D eigenvalue weighted by molar-refractivity contribution is 0.0712. The van der Waals surface area contributed by atoms with Gasteiger partial charge in [-0.15, -0.1) is 0 Å². The van der Waals surface area contributed by atoms with Crippen LogP contribution in [0.3, 0.4) is 0 Å². The summed E-state index contributed by atoms with van der Waals surface area (Å²) in [7, 11) is 1.63. The van der Waals surface area contributed by atoms with E-state index < -0.39 is 12.2 Å². The number of anilines is 1. The lowest BCUT2D eigenvalue weighted by Crippen LogP contribution is -2.41. The van der Waals surface area contributed by atoms with Gasteiger partial charge in [-0.1, -0.05) is 25.1 Å². The number of cyclic esters (lactones) is 1. The molecule has 1 aromatic heterocycles. The highest BCUT2D eigenvalue weighted by Gasteiger charge is 2.31. The number of hydrogen-bond acceptors (Lipinski definition) is 7. The van der Waals surface area contributed by atoms with Crippen molar-refractivity contribution in [1.29, 1.82) is 0 Å². The number of rotatable bonds is 9. The molecule has 0 radical (unpaired) electrons. The van der Waals surface area contributed by atoms with Crippen molar-refractivity contribution in [1.82, 2.24) is 9.99 Å². The maximum Gasteiger partial charge on any atom is 0.431 e. The molecule has 9 nitrogen and oxygen atoms in total. The average molecular weight is 529 g/mol. The predicted octanol–water partition coefficient (Wildman–Crippen LogP) is 5.80. The molecule has 5 rings (SSSR count). The van der Waals surface area contributed by atoms with Crippen LogP contribution in [0.4, 0.5) is 10.5 Å². The van der Waals surface area contributed by atoms with Crippen LogP contribution in [0.5, 0.6) is 11.5 Å². The molecular formula is C30H32N4O5. The molecule has 1 aliphatic carbocycles. The molecule has 3 aromatic rings. The molecule has 2 aromatic carbocycles. The summed E-state index contributed by atoms with van der Waals surface area (Å²) in [6, 6.07) is 18.1. The molecule has 2 aliphatic rings. The third-order valence-electron chi connectivity index (χ3n) is 6.85. The van der Waals surface area contributed by atoms with Gasteiger partial charge in [0, 0.05) is 17.4 Å². The first-order valence-corrected chi connectivity index (χ1v) is 13.3. The maximum absolute atomic E-state index is 12.8. The van der Waals surface area contributed by atoms with Crippen molar-refractivity contribution >= 4 is 23.4 Å². The number of ether oxygens (including phenoxy) is 3. The number of amides is 2. The van der Waals surface area contributed by atoms with Gasteiger partial charge in [0.05, 0.1) is 19.8 Å². The summed E-state index contributed by atoms with van der Waals surface area (Å²) in [6.45, 7) is 2.18. The van der Waals surface area contributed by atoms with Crippen molar-refractivity contribution in [3.8, 4) is 11.5 Å². The van der Waals surface area contributed by atoms with Crippen molar-refractivity contribution in [2.75, 3.05) is 12.4 Å². The minimum Gasteiger partial charge on any atom is -0.493 e. The molecule has 2 amide bonds. The minimum atomic E-state index is -0.505. The standard InChI is InChI=1S/C30H32N4O5/c1-3-25-28(21-13-16-26(37-2)27(18-21)38-23-8-4-5-9-23)33-34(30(36)39-25)19-20-11-14-22(15-12-20)32-29(35)24-10-6-7-17-31-24/h6-7,10-18,23,25H,3-5,8-9,19H2,1-2H3,(H,32,35). The summed E-state index contributed by atoms with van der Waals surface area (Å²) in [5, 5.41) is 8.87. The van der Waals surface area contributed by atoms with Gasteiger partial charge in [-0.25, -0.2) is 4.79 Å². The fourth-order valence-electron chi connectivity index (χ4n) is 4.77. The Morgan fingerprint density at radius 3 is 2.56 bits per heavy atom. The number of hydrazone groups is 1. The molecule has 1 aliphatic heterocycles. The first kappa shape index (κ1) is 26.2. The van der Waals surface area contributed by atoms with Crippen LogP contribution < -0.4 is 14.8 Å². The van der Waals surface area contributed by atoms with E-state index in [1.807, 2.05) is 37.3 Å². The second kappa shape index (κ2) is 12.0. The molecule has 0 bridgehead atoms. The van der Waals surface area contributed by atoms with Crippen LogP contribution in [0.25, 0.3) is 0 Å². The Bertz CT molecular complexity index is 1340. The van der Waals surface area contributed by atoms with E-state index in [2.05, 4.69) is 10.3 Å². The molecule has 1 atom stereocenters. The summed E-state index contributed by atoms with van der Waals surface area (Å²) >= 11 is 0. The number of pyridine rings is 1. The molecule has 9 heteroatoms. The third kappa shape index (κ3) is 6.19. The average Bonchev–Trinajstić information content (AvgIpc) is 3.48. The normalized spacial score (nSPS) is 17.4. The van der Waals surface area contributed by atoms with Gasteiger partial charge in [0.1, 0.15) is 17.5 Å². The number of nitrogens with zero attached hydrogens (tertiary/aromatic N) is 3. The van der Waals surface area contributed by atoms with E-state index in [1.165, 1.54) is 17.9 Å². The van der Waals surface area contributed by atoms with Crippen LogP contribution in [0.2, 0.25) is 0 Å². The van der Waals surface area contributed by atoms with E-state index in [0.29, 0.717) is 35.0 Å². The Balaban J connectivity index is 1.33. The van der Waals surface area contributed by atoms with Crippen molar-refractivity contribution in [3.05, 3.63) is 83.7 Å². The van der Waals surface area contributed by atoms with Gasteiger partial charge in [0.25, 0.3) is 5.91 Å². The number of carbonyl (C=O) groups is 2. The van der Waals surface area contributed by atoms with Crippen molar-refractivity contribution in [2.45, 2.75) is 57.8 Å². The highest BCUT2D eigenvalue weighted by atomic mass is 16.6. The van der Waals surface area contributed by atoms with Gasteiger partial charge >= 0.3 is 6.09 Å². The first-order valence-electron chi connectivity index (χ1n) is 13.3. The van der Waals surface area contributed by atoms with E-state index in [0.717, 1.165) is 24.0 Å².